The Balaban J connectivity index is 1.13. The summed E-state index contributed by atoms with van der Waals surface area (Å²) in [5, 5.41) is 4.05. The van der Waals surface area contributed by atoms with Gasteiger partial charge >= 0.3 is 0 Å². The number of nitrogens with zero attached hydrogens (tertiary/aromatic N) is 2. The highest BCUT2D eigenvalue weighted by Crippen LogP contribution is 2.31. The summed E-state index contributed by atoms with van der Waals surface area (Å²) < 4.78 is 6.12. The van der Waals surface area contributed by atoms with Crippen LogP contribution in [0.25, 0.3) is 49.4 Å². The number of amidine groups is 2. The number of nitrogens with two attached hydrogens (primary N) is 1. The summed E-state index contributed by atoms with van der Waals surface area (Å²) in [5.74, 6) is 0.921. The van der Waals surface area contributed by atoms with E-state index in [9.17, 15) is 0 Å². The SMILES string of the molecule is [B]c1ccc2oc3cccc(C(N)=NC(=NCc4ccc(-c5ccc(C6=CCCC=C6)cc5)cc4)c4ccc5ccccc5c4)c3c2c1. The lowest BCUT2D eigenvalue weighted by molar-refractivity contribution is 0.669. The van der Waals surface area contributed by atoms with Gasteiger partial charge in [0.25, 0.3) is 0 Å². The van der Waals surface area contributed by atoms with Crippen molar-refractivity contribution in [2.45, 2.75) is 19.4 Å². The maximum absolute atomic E-state index is 6.80. The van der Waals surface area contributed by atoms with Crippen LogP contribution in [0.15, 0.2) is 160 Å². The van der Waals surface area contributed by atoms with E-state index in [4.69, 9.17) is 28.0 Å². The van der Waals surface area contributed by atoms with Crippen LogP contribution in [0.4, 0.5) is 0 Å². The van der Waals surface area contributed by atoms with Crippen LogP contribution in [0.5, 0.6) is 0 Å². The number of furan rings is 1. The summed E-state index contributed by atoms with van der Waals surface area (Å²) in [7, 11) is 6.15. The lowest BCUT2D eigenvalue weighted by Gasteiger charge is -2.09. The smallest absolute Gasteiger partial charge is 0.157 e. The van der Waals surface area contributed by atoms with Crippen LogP contribution in [-0.4, -0.2) is 19.5 Å². The van der Waals surface area contributed by atoms with Crippen molar-refractivity contribution in [1.82, 2.24) is 0 Å². The Labute approximate surface area is 281 Å². The van der Waals surface area contributed by atoms with Crippen molar-refractivity contribution in [3.63, 3.8) is 0 Å². The monoisotopic (exact) mass is 617 g/mol. The van der Waals surface area contributed by atoms with Gasteiger partial charge in [-0.15, -0.1) is 0 Å². The van der Waals surface area contributed by atoms with Gasteiger partial charge in [-0.1, -0.05) is 133 Å². The minimum absolute atomic E-state index is 0.357. The van der Waals surface area contributed by atoms with E-state index in [0.29, 0.717) is 23.7 Å². The normalized spacial score (nSPS) is 13.8. The van der Waals surface area contributed by atoms with E-state index in [2.05, 4.69) is 97.1 Å². The van der Waals surface area contributed by atoms with Crippen LogP contribution < -0.4 is 11.2 Å². The van der Waals surface area contributed by atoms with Crippen molar-refractivity contribution >= 4 is 63.3 Å². The number of allylic oxidation sites excluding steroid dienone is 4. The van der Waals surface area contributed by atoms with Gasteiger partial charge in [-0.3, -0.25) is 4.99 Å². The molecular weight excluding hydrogens is 585 g/mol. The van der Waals surface area contributed by atoms with Crippen LogP contribution >= 0.6 is 0 Å². The molecule has 1 aliphatic carbocycles. The van der Waals surface area contributed by atoms with Crippen LogP contribution in [0.1, 0.15) is 35.1 Å². The van der Waals surface area contributed by atoms with Gasteiger partial charge in [-0.25, -0.2) is 4.99 Å². The van der Waals surface area contributed by atoms with E-state index in [0.717, 1.165) is 62.2 Å². The fourth-order valence-electron chi connectivity index (χ4n) is 6.40. The first-order valence-corrected chi connectivity index (χ1v) is 16.2. The molecule has 0 aliphatic heterocycles. The van der Waals surface area contributed by atoms with Crippen LogP contribution in [-0.2, 0) is 6.54 Å². The van der Waals surface area contributed by atoms with Gasteiger partial charge in [0.1, 0.15) is 24.8 Å². The lowest BCUT2D eigenvalue weighted by Crippen LogP contribution is -2.17. The lowest BCUT2D eigenvalue weighted by atomic mass is 9.94. The molecule has 0 unspecified atom stereocenters. The summed E-state index contributed by atoms with van der Waals surface area (Å²) in [6.07, 6.45) is 8.99. The van der Waals surface area contributed by atoms with Gasteiger partial charge < -0.3 is 10.2 Å². The van der Waals surface area contributed by atoms with E-state index in [-0.39, 0.29) is 0 Å². The van der Waals surface area contributed by atoms with Crippen molar-refractivity contribution in [2.75, 3.05) is 0 Å². The average Bonchev–Trinajstić information content (AvgIpc) is 3.51. The predicted octanol–water partition coefficient (Wildman–Crippen LogP) is 9.29. The number of fused-ring (bicyclic) bond motifs is 4. The molecule has 0 fully saturated rings. The van der Waals surface area contributed by atoms with Crippen molar-refractivity contribution in [3.05, 3.63) is 168 Å². The Morgan fingerprint density at radius 1 is 0.708 bits per heavy atom. The van der Waals surface area contributed by atoms with E-state index in [1.54, 1.807) is 0 Å². The highest BCUT2D eigenvalue weighted by molar-refractivity contribution is 6.34. The van der Waals surface area contributed by atoms with Gasteiger partial charge in [-0.2, -0.15) is 0 Å². The molecule has 1 heterocycles. The molecule has 6 aromatic carbocycles. The number of benzene rings is 6. The summed E-state index contributed by atoms with van der Waals surface area (Å²) in [5.41, 5.74) is 16.6. The zero-order valence-electron chi connectivity index (χ0n) is 26.4. The molecule has 48 heavy (non-hydrogen) atoms. The molecule has 0 amide bonds. The third-order valence-electron chi connectivity index (χ3n) is 8.94. The first kappa shape index (κ1) is 29.5. The largest absolute Gasteiger partial charge is 0.456 e. The van der Waals surface area contributed by atoms with Crippen molar-refractivity contribution in [3.8, 4) is 11.1 Å². The second-order valence-electron chi connectivity index (χ2n) is 12.1. The standard InChI is InChI=1S/C43H32BN3O/c44-36-23-24-39-38(26-36)41-37(11-6-12-40(41)48-39)42(45)47-43(35-22-21-30-9-4-5-10-34(30)25-35)46-27-28-13-15-31(16-14-28)33-19-17-32(18-20-33)29-7-2-1-3-8-29/h2,4-26H,1,3,27H2,(H2,45,46,47). The van der Waals surface area contributed by atoms with E-state index in [1.165, 1.54) is 22.3 Å². The van der Waals surface area contributed by atoms with Crippen molar-refractivity contribution < 1.29 is 4.42 Å². The van der Waals surface area contributed by atoms with Crippen LogP contribution in [0.2, 0.25) is 0 Å². The number of hydrogen-bond acceptors (Lipinski definition) is 2. The van der Waals surface area contributed by atoms with Crippen LogP contribution in [0.3, 0.4) is 0 Å². The van der Waals surface area contributed by atoms with Gasteiger partial charge in [0.15, 0.2) is 5.84 Å². The molecule has 0 saturated heterocycles. The number of rotatable bonds is 6. The van der Waals surface area contributed by atoms with E-state index < -0.39 is 0 Å². The molecule has 1 aromatic heterocycles. The summed E-state index contributed by atoms with van der Waals surface area (Å²) in [6.45, 7) is 0.452. The fraction of sp³-hybridized carbons (Fsp3) is 0.0698. The summed E-state index contributed by atoms with van der Waals surface area (Å²) in [4.78, 5) is 10.0. The Morgan fingerprint density at radius 2 is 1.48 bits per heavy atom. The number of aliphatic imine (C=N–C) groups is 2. The zero-order valence-corrected chi connectivity index (χ0v) is 26.4. The Morgan fingerprint density at radius 3 is 2.27 bits per heavy atom. The minimum Gasteiger partial charge on any atom is -0.456 e. The van der Waals surface area contributed by atoms with Gasteiger partial charge in [-0.05, 0) is 69.6 Å². The highest BCUT2D eigenvalue weighted by atomic mass is 16.3. The molecular formula is C43H32BN3O. The molecule has 7 aromatic rings. The fourth-order valence-corrected chi connectivity index (χ4v) is 6.40. The van der Waals surface area contributed by atoms with E-state index in [1.807, 2.05) is 48.5 Å². The van der Waals surface area contributed by atoms with E-state index >= 15 is 0 Å². The molecule has 2 N–H and O–H groups in total. The average molecular weight is 618 g/mol. The Kier molecular flexibility index (Phi) is 7.79. The molecule has 4 nitrogen and oxygen atoms in total. The molecule has 228 valence electrons. The third-order valence-corrected chi connectivity index (χ3v) is 8.94. The summed E-state index contributed by atoms with van der Waals surface area (Å²) in [6, 6.07) is 43.4. The second kappa shape index (κ2) is 12.7. The van der Waals surface area contributed by atoms with Crippen molar-refractivity contribution in [1.29, 1.82) is 0 Å². The number of hydrogen-bond donors (Lipinski definition) is 1. The zero-order chi connectivity index (χ0) is 32.5. The highest BCUT2D eigenvalue weighted by Gasteiger charge is 2.15. The first-order chi connectivity index (χ1) is 23.6. The predicted molar refractivity (Wildman–Crippen MR) is 202 cm³/mol. The van der Waals surface area contributed by atoms with Crippen LogP contribution in [0, 0.1) is 0 Å². The maximum Gasteiger partial charge on any atom is 0.157 e. The maximum atomic E-state index is 6.80. The molecule has 0 atom stereocenters. The third kappa shape index (κ3) is 5.87. The molecule has 0 saturated carbocycles. The minimum atomic E-state index is 0.357. The molecule has 1 aliphatic rings. The van der Waals surface area contributed by atoms with Gasteiger partial charge in [0, 0.05) is 21.9 Å². The Hall–Kier alpha value is -5.94. The van der Waals surface area contributed by atoms with Gasteiger partial charge in [0.05, 0.1) is 6.54 Å². The molecule has 2 radical (unpaired) electrons. The molecule has 0 bridgehead atoms. The first-order valence-electron chi connectivity index (χ1n) is 16.2. The van der Waals surface area contributed by atoms with Crippen molar-refractivity contribution in [2.24, 2.45) is 15.7 Å². The second-order valence-corrected chi connectivity index (χ2v) is 12.1. The molecule has 5 heteroatoms. The quantitative estimate of drug-likeness (QED) is 0.115. The van der Waals surface area contributed by atoms with Gasteiger partial charge in [0.2, 0.25) is 0 Å². The Bertz CT molecular complexity index is 2430. The summed E-state index contributed by atoms with van der Waals surface area (Å²) >= 11 is 0. The topological polar surface area (TPSA) is 63.9 Å². The molecule has 0 spiro atoms. The molecule has 8 rings (SSSR count).